The predicted molar refractivity (Wildman–Crippen MR) is 72.2 cm³/mol. The van der Waals surface area contributed by atoms with Gasteiger partial charge in [-0.05, 0) is 30.4 Å². The first kappa shape index (κ1) is 12.9. The number of carbonyl (C=O) groups is 1. The van der Waals surface area contributed by atoms with Gasteiger partial charge < -0.3 is 11.1 Å². The molecule has 0 unspecified atom stereocenters. The van der Waals surface area contributed by atoms with E-state index in [0.717, 1.165) is 6.54 Å². The maximum absolute atomic E-state index is 11.9. The smallest absolute Gasteiger partial charge is 0.269 e. The van der Waals surface area contributed by atoms with Gasteiger partial charge in [-0.1, -0.05) is 26.2 Å². The van der Waals surface area contributed by atoms with Gasteiger partial charge in [-0.15, -0.1) is 0 Å². The molecule has 0 spiro atoms. The Morgan fingerprint density at radius 1 is 1.39 bits per heavy atom. The average Bonchev–Trinajstić information content (AvgIpc) is 2.38. The predicted octanol–water partition coefficient (Wildman–Crippen LogP) is 2.36. The van der Waals surface area contributed by atoms with Gasteiger partial charge in [0.05, 0.1) is 11.9 Å². The lowest BCUT2D eigenvalue weighted by Gasteiger charge is -2.33. The van der Waals surface area contributed by atoms with Crippen LogP contribution in [0.4, 0.5) is 5.69 Å². The maximum Gasteiger partial charge on any atom is 0.269 e. The van der Waals surface area contributed by atoms with E-state index >= 15 is 0 Å². The number of nitrogens with zero attached hydrogens (tertiary/aromatic N) is 1. The molecular weight excluding hydrogens is 226 g/mol. The van der Waals surface area contributed by atoms with Gasteiger partial charge >= 0.3 is 0 Å². The Morgan fingerprint density at radius 3 is 2.72 bits per heavy atom. The number of amides is 1. The SMILES string of the molecule is CC1(CNC(=O)c2ccc(N)cn2)CCCCC1. The molecule has 0 aliphatic heterocycles. The Kier molecular flexibility index (Phi) is 3.84. The summed E-state index contributed by atoms with van der Waals surface area (Å²) >= 11 is 0. The van der Waals surface area contributed by atoms with Crippen LogP contribution in [0.3, 0.4) is 0 Å². The minimum atomic E-state index is -0.109. The van der Waals surface area contributed by atoms with Crippen LogP contribution in [0.25, 0.3) is 0 Å². The molecule has 0 atom stereocenters. The van der Waals surface area contributed by atoms with Crippen LogP contribution in [0.1, 0.15) is 49.5 Å². The number of hydrogen-bond acceptors (Lipinski definition) is 3. The van der Waals surface area contributed by atoms with Crippen LogP contribution in [0.15, 0.2) is 18.3 Å². The Morgan fingerprint density at radius 2 is 2.11 bits per heavy atom. The van der Waals surface area contributed by atoms with Crippen LogP contribution in [-0.4, -0.2) is 17.4 Å². The van der Waals surface area contributed by atoms with Crippen LogP contribution in [0, 0.1) is 5.41 Å². The molecule has 1 heterocycles. The Balaban J connectivity index is 1.89. The summed E-state index contributed by atoms with van der Waals surface area (Å²) < 4.78 is 0. The molecule has 18 heavy (non-hydrogen) atoms. The summed E-state index contributed by atoms with van der Waals surface area (Å²) in [5.41, 5.74) is 6.80. The first-order valence-electron chi connectivity index (χ1n) is 6.59. The van der Waals surface area contributed by atoms with Gasteiger partial charge in [0.25, 0.3) is 5.91 Å². The van der Waals surface area contributed by atoms with Crippen molar-refractivity contribution in [2.24, 2.45) is 5.41 Å². The van der Waals surface area contributed by atoms with E-state index in [1.54, 1.807) is 12.1 Å². The molecule has 4 heteroatoms. The van der Waals surface area contributed by atoms with Gasteiger partial charge in [0, 0.05) is 6.54 Å². The van der Waals surface area contributed by atoms with E-state index in [4.69, 9.17) is 5.73 Å². The zero-order chi connectivity index (χ0) is 13.0. The van der Waals surface area contributed by atoms with Crippen LogP contribution < -0.4 is 11.1 Å². The van der Waals surface area contributed by atoms with Crippen molar-refractivity contribution in [3.8, 4) is 0 Å². The van der Waals surface area contributed by atoms with Gasteiger partial charge in [0.15, 0.2) is 0 Å². The number of nitrogen functional groups attached to an aromatic ring is 1. The number of anilines is 1. The lowest BCUT2D eigenvalue weighted by Crippen LogP contribution is -2.37. The fourth-order valence-corrected chi connectivity index (χ4v) is 2.51. The van der Waals surface area contributed by atoms with Crippen molar-refractivity contribution in [1.82, 2.24) is 10.3 Å². The highest BCUT2D eigenvalue weighted by Crippen LogP contribution is 2.34. The number of hydrogen-bond donors (Lipinski definition) is 2. The molecule has 1 aromatic heterocycles. The van der Waals surface area contributed by atoms with E-state index in [1.165, 1.54) is 38.3 Å². The third-order valence-electron chi connectivity index (χ3n) is 3.76. The van der Waals surface area contributed by atoms with Crippen molar-refractivity contribution < 1.29 is 4.79 Å². The molecule has 1 amide bonds. The van der Waals surface area contributed by atoms with E-state index in [2.05, 4.69) is 17.2 Å². The molecule has 4 nitrogen and oxygen atoms in total. The third-order valence-corrected chi connectivity index (χ3v) is 3.76. The lowest BCUT2D eigenvalue weighted by atomic mass is 9.76. The fourth-order valence-electron chi connectivity index (χ4n) is 2.51. The number of nitrogens with one attached hydrogen (secondary N) is 1. The molecule has 2 rings (SSSR count). The average molecular weight is 247 g/mol. The van der Waals surface area contributed by atoms with Gasteiger partial charge in [-0.3, -0.25) is 4.79 Å². The lowest BCUT2D eigenvalue weighted by molar-refractivity contribution is 0.0914. The van der Waals surface area contributed by atoms with Gasteiger partial charge in [-0.25, -0.2) is 4.98 Å². The van der Waals surface area contributed by atoms with E-state index in [-0.39, 0.29) is 11.3 Å². The van der Waals surface area contributed by atoms with Crippen molar-refractivity contribution in [2.45, 2.75) is 39.0 Å². The first-order valence-corrected chi connectivity index (χ1v) is 6.59. The minimum absolute atomic E-state index is 0.109. The molecule has 1 aromatic rings. The largest absolute Gasteiger partial charge is 0.397 e. The van der Waals surface area contributed by atoms with Gasteiger partial charge in [0.1, 0.15) is 5.69 Å². The molecule has 98 valence electrons. The molecule has 1 aliphatic rings. The fraction of sp³-hybridized carbons (Fsp3) is 0.571. The minimum Gasteiger partial charge on any atom is -0.397 e. The van der Waals surface area contributed by atoms with Gasteiger partial charge in [0.2, 0.25) is 0 Å². The number of aromatic nitrogens is 1. The second-order valence-corrected chi connectivity index (χ2v) is 5.53. The van der Waals surface area contributed by atoms with E-state index < -0.39 is 0 Å². The van der Waals surface area contributed by atoms with Crippen LogP contribution >= 0.6 is 0 Å². The maximum atomic E-state index is 11.9. The molecule has 0 saturated heterocycles. The quantitative estimate of drug-likeness (QED) is 0.861. The molecule has 0 radical (unpaired) electrons. The summed E-state index contributed by atoms with van der Waals surface area (Å²) in [6.07, 6.45) is 7.77. The zero-order valence-electron chi connectivity index (χ0n) is 10.9. The monoisotopic (exact) mass is 247 g/mol. The highest BCUT2D eigenvalue weighted by molar-refractivity contribution is 5.92. The second kappa shape index (κ2) is 5.38. The van der Waals surface area contributed by atoms with Crippen LogP contribution in [0.5, 0.6) is 0 Å². The molecule has 0 bridgehead atoms. The van der Waals surface area contributed by atoms with Crippen molar-refractivity contribution >= 4 is 11.6 Å². The summed E-state index contributed by atoms with van der Waals surface area (Å²) in [6.45, 7) is 2.99. The molecule has 1 fully saturated rings. The van der Waals surface area contributed by atoms with Crippen molar-refractivity contribution in [3.63, 3.8) is 0 Å². The van der Waals surface area contributed by atoms with Crippen LogP contribution in [-0.2, 0) is 0 Å². The number of pyridine rings is 1. The van der Waals surface area contributed by atoms with E-state index in [1.807, 2.05) is 0 Å². The first-order chi connectivity index (χ1) is 8.59. The van der Waals surface area contributed by atoms with Crippen molar-refractivity contribution in [2.75, 3.05) is 12.3 Å². The standard InChI is InChI=1S/C14H21N3O/c1-14(7-3-2-4-8-14)10-17-13(18)12-6-5-11(15)9-16-12/h5-6,9H,2-4,7-8,10,15H2,1H3,(H,17,18). The van der Waals surface area contributed by atoms with Crippen molar-refractivity contribution in [1.29, 1.82) is 0 Å². The molecular formula is C14H21N3O. The number of rotatable bonds is 3. The summed E-state index contributed by atoms with van der Waals surface area (Å²) in [6, 6.07) is 3.36. The number of nitrogens with two attached hydrogens (primary N) is 1. The Bertz CT molecular complexity index is 408. The van der Waals surface area contributed by atoms with Crippen LogP contribution in [0.2, 0.25) is 0 Å². The van der Waals surface area contributed by atoms with Crippen molar-refractivity contribution in [3.05, 3.63) is 24.0 Å². The Labute approximate surface area is 108 Å². The van der Waals surface area contributed by atoms with E-state index in [0.29, 0.717) is 11.4 Å². The number of carbonyl (C=O) groups excluding carboxylic acids is 1. The summed E-state index contributed by atoms with van der Waals surface area (Å²) in [7, 11) is 0. The molecule has 3 N–H and O–H groups in total. The highest BCUT2D eigenvalue weighted by Gasteiger charge is 2.27. The van der Waals surface area contributed by atoms with E-state index in [9.17, 15) is 4.79 Å². The highest BCUT2D eigenvalue weighted by atomic mass is 16.1. The molecule has 1 saturated carbocycles. The Hall–Kier alpha value is -1.58. The topological polar surface area (TPSA) is 68.0 Å². The normalized spacial score (nSPS) is 18.3. The summed E-state index contributed by atoms with van der Waals surface area (Å²) in [5, 5.41) is 2.99. The molecule has 0 aromatic carbocycles. The third kappa shape index (κ3) is 3.22. The zero-order valence-corrected chi connectivity index (χ0v) is 10.9. The van der Waals surface area contributed by atoms with Gasteiger partial charge in [-0.2, -0.15) is 0 Å². The molecule has 1 aliphatic carbocycles. The summed E-state index contributed by atoms with van der Waals surface area (Å²) in [5.74, 6) is -0.109. The summed E-state index contributed by atoms with van der Waals surface area (Å²) in [4.78, 5) is 16.0. The second-order valence-electron chi connectivity index (χ2n) is 5.53.